The summed E-state index contributed by atoms with van der Waals surface area (Å²) in [5.74, 6) is 1.88. The first kappa shape index (κ1) is 33.9. The number of hydrogen-bond donors (Lipinski definition) is 3. The highest BCUT2D eigenvalue weighted by Crippen LogP contribution is 2.37. The van der Waals surface area contributed by atoms with Crippen molar-refractivity contribution in [1.82, 2.24) is 15.1 Å². The van der Waals surface area contributed by atoms with E-state index in [1.807, 2.05) is 36.4 Å². The first-order valence-electron chi connectivity index (χ1n) is 15.3. The summed E-state index contributed by atoms with van der Waals surface area (Å²) in [5.41, 5.74) is 2.04. The molecule has 13 heteroatoms. The van der Waals surface area contributed by atoms with Crippen LogP contribution in [0.1, 0.15) is 50.9 Å². The average molecular weight is 660 g/mol. The number of aliphatic hydroxyl groups is 1. The molecule has 0 amide bonds. The zero-order valence-electron chi connectivity index (χ0n) is 26.8. The lowest BCUT2D eigenvalue weighted by molar-refractivity contribution is 0.0598. The molecule has 5 aromatic rings. The van der Waals surface area contributed by atoms with Crippen LogP contribution in [0.5, 0.6) is 17.2 Å². The monoisotopic (exact) mass is 659 g/mol. The molecule has 1 aliphatic rings. The van der Waals surface area contributed by atoms with Gasteiger partial charge >= 0.3 is 11.9 Å². The number of benzene rings is 3. The van der Waals surface area contributed by atoms with Crippen LogP contribution in [0, 0.1) is 6.92 Å². The maximum absolute atomic E-state index is 10.7. The molecule has 0 saturated carbocycles. The number of rotatable bonds is 11. The Kier molecular flexibility index (Phi) is 10.9. The lowest BCUT2D eigenvalue weighted by atomic mass is 9.88. The third kappa shape index (κ3) is 8.30. The molecule has 1 saturated heterocycles. The molecule has 13 nitrogen and oxygen atoms in total. The van der Waals surface area contributed by atoms with E-state index in [1.54, 1.807) is 21.1 Å². The molecule has 48 heavy (non-hydrogen) atoms. The van der Waals surface area contributed by atoms with Crippen LogP contribution in [-0.4, -0.2) is 88.9 Å². The van der Waals surface area contributed by atoms with Crippen molar-refractivity contribution in [3.8, 4) is 28.9 Å². The largest absolute Gasteiger partial charge is 0.497 e. The highest BCUT2D eigenvalue weighted by molar-refractivity contribution is 5.91. The molecular formula is C35H37N3O10. The molecule has 0 bridgehead atoms. The number of piperidine rings is 1. The standard InChI is InChI=1S/C27H31N3O6.C8H6O4/c1-17-28-29-27(35-17)26-14-22-23(5-4-6-24(22)36-26)34-16-19(31)15-30-11-9-18(10-12-30)21-8-7-20(32-2)13-25(21)33-3;9-7(10)5-1-2-6(4-3-5)8(11)12/h4-8,13-14,18-19,31H,9-12,15-16H2,1-3H3;1-4H,(H,9,10)(H,11,12)/t19-;/m0./s1. The molecule has 3 heterocycles. The third-order valence-electron chi connectivity index (χ3n) is 8.01. The summed E-state index contributed by atoms with van der Waals surface area (Å²) in [5, 5.41) is 36.3. The Bertz CT molecular complexity index is 1810. The lowest BCUT2D eigenvalue weighted by Gasteiger charge is -2.33. The zero-order valence-corrected chi connectivity index (χ0v) is 26.8. The van der Waals surface area contributed by atoms with Crippen LogP contribution < -0.4 is 14.2 Å². The fraction of sp³-hybridized carbons (Fsp3) is 0.314. The van der Waals surface area contributed by atoms with Crippen molar-refractivity contribution in [2.24, 2.45) is 0 Å². The molecule has 1 fully saturated rings. The lowest BCUT2D eigenvalue weighted by Crippen LogP contribution is -2.40. The molecule has 2 aromatic heterocycles. The molecule has 1 atom stereocenters. The first-order valence-corrected chi connectivity index (χ1v) is 15.3. The van der Waals surface area contributed by atoms with Crippen LogP contribution in [0.3, 0.4) is 0 Å². The Balaban J connectivity index is 0.000000318. The number of β-amino-alcohol motifs (C(OH)–C–C–N with tert-alkyl or cyclic N) is 1. The van der Waals surface area contributed by atoms with Gasteiger partial charge in [-0.15, -0.1) is 10.2 Å². The number of nitrogens with zero attached hydrogens (tertiary/aromatic N) is 3. The van der Waals surface area contributed by atoms with Gasteiger partial charge in [-0.1, -0.05) is 12.1 Å². The van der Waals surface area contributed by atoms with E-state index in [0.29, 0.717) is 41.3 Å². The quantitative estimate of drug-likeness (QED) is 0.162. The Hall–Kier alpha value is -5.40. The van der Waals surface area contributed by atoms with E-state index in [-0.39, 0.29) is 17.7 Å². The Morgan fingerprint density at radius 2 is 1.58 bits per heavy atom. The molecule has 3 aromatic carbocycles. The number of carboxylic acids is 2. The van der Waals surface area contributed by atoms with Crippen LogP contribution in [-0.2, 0) is 0 Å². The normalized spacial score (nSPS) is 14.2. The molecule has 0 spiro atoms. The summed E-state index contributed by atoms with van der Waals surface area (Å²) in [6.45, 7) is 4.28. The fourth-order valence-electron chi connectivity index (χ4n) is 5.54. The number of ether oxygens (including phenoxy) is 3. The number of likely N-dealkylation sites (tertiary alicyclic amines) is 1. The van der Waals surface area contributed by atoms with Crippen molar-refractivity contribution in [3.63, 3.8) is 0 Å². The van der Waals surface area contributed by atoms with Gasteiger partial charge in [0, 0.05) is 25.6 Å². The highest BCUT2D eigenvalue weighted by Gasteiger charge is 2.25. The molecule has 0 unspecified atom stereocenters. The molecule has 1 aliphatic heterocycles. The van der Waals surface area contributed by atoms with Gasteiger partial charge in [0.2, 0.25) is 5.89 Å². The van der Waals surface area contributed by atoms with Crippen molar-refractivity contribution in [2.45, 2.75) is 31.8 Å². The second-order valence-electron chi connectivity index (χ2n) is 11.2. The molecule has 252 valence electrons. The Morgan fingerprint density at radius 3 is 2.17 bits per heavy atom. The van der Waals surface area contributed by atoms with Gasteiger partial charge in [0.25, 0.3) is 5.89 Å². The number of aromatic nitrogens is 2. The molecule has 6 rings (SSSR count). The van der Waals surface area contributed by atoms with E-state index in [1.165, 1.54) is 29.8 Å². The van der Waals surface area contributed by atoms with Crippen molar-refractivity contribution in [2.75, 3.05) is 40.5 Å². The van der Waals surface area contributed by atoms with Gasteiger partial charge in [0.05, 0.1) is 30.7 Å². The van der Waals surface area contributed by atoms with Gasteiger partial charge in [-0.3, -0.25) is 0 Å². The first-order chi connectivity index (χ1) is 23.1. The van der Waals surface area contributed by atoms with Crippen LogP contribution >= 0.6 is 0 Å². The van der Waals surface area contributed by atoms with Crippen molar-refractivity contribution in [1.29, 1.82) is 0 Å². The number of furan rings is 1. The summed E-state index contributed by atoms with van der Waals surface area (Å²) in [6, 6.07) is 18.4. The van der Waals surface area contributed by atoms with Crippen molar-refractivity contribution in [3.05, 3.63) is 89.3 Å². The number of carboxylic acid groups (broad SMARTS) is 2. The number of aliphatic hydroxyl groups excluding tert-OH is 1. The van der Waals surface area contributed by atoms with Crippen molar-refractivity contribution >= 4 is 22.9 Å². The number of hydrogen-bond acceptors (Lipinski definition) is 11. The maximum Gasteiger partial charge on any atom is 0.335 e. The Labute approximate surface area is 276 Å². The summed E-state index contributed by atoms with van der Waals surface area (Å²) < 4.78 is 28.2. The summed E-state index contributed by atoms with van der Waals surface area (Å²) >= 11 is 0. The van der Waals surface area contributed by atoms with E-state index in [0.717, 1.165) is 42.8 Å². The number of aromatic carboxylic acids is 2. The van der Waals surface area contributed by atoms with Gasteiger partial charge in [0.1, 0.15) is 35.5 Å². The van der Waals surface area contributed by atoms with Crippen molar-refractivity contribution < 1.29 is 48.0 Å². The van der Waals surface area contributed by atoms with E-state index in [9.17, 15) is 14.7 Å². The minimum Gasteiger partial charge on any atom is -0.497 e. The number of fused-ring (bicyclic) bond motifs is 1. The SMILES string of the molecule is COc1ccc(C2CCN(C[C@H](O)COc3cccc4oc(-c5nnc(C)o5)cc34)CC2)c(OC)c1.O=C(O)c1ccc(C(=O)O)cc1. The highest BCUT2D eigenvalue weighted by atomic mass is 16.5. The Morgan fingerprint density at radius 1 is 0.896 bits per heavy atom. The smallest absolute Gasteiger partial charge is 0.335 e. The van der Waals surface area contributed by atoms with Gasteiger partial charge in [-0.05, 0) is 79.9 Å². The molecule has 3 N–H and O–H groups in total. The molecule has 0 aliphatic carbocycles. The third-order valence-corrected chi connectivity index (χ3v) is 8.01. The molecular weight excluding hydrogens is 622 g/mol. The van der Waals surface area contributed by atoms with E-state index in [4.69, 9.17) is 33.3 Å². The second-order valence-corrected chi connectivity index (χ2v) is 11.2. The predicted octanol–water partition coefficient (Wildman–Crippen LogP) is 5.51. The minimum absolute atomic E-state index is 0.0833. The topological polar surface area (TPSA) is 178 Å². The number of carbonyl (C=O) groups is 2. The van der Waals surface area contributed by atoms with E-state index < -0.39 is 18.0 Å². The van der Waals surface area contributed by atoms with E-state index in [2.05, 4.69) is 21.2 Å². The fourth-order valence-corrected chi connectivity index (χ4v) is 5.54. The summed E-state index contributed by atoms with van der Waals surface area (Å²) in [6.07, 6.45) is 1.39. The van der Waals surface area contributed by atoms with Gasteiger partial charge < -0.3 is 43.3 Å². The number of methoxy groups -OCH3 is 2. The van der Waals surface area contributed by atoms with Gasteiger partial charge in [-0.25, -0.2) is 9.59 Å². The summed E-state index contributed by atoms with van der Waals surface area (Å²) in [4.78, 5) is 23.0. The van der Waals surface area contributed by atoms with Gasteiger partial charge in [-0.2, -0.15) is 0 Å². The summed E-state index contributed by atoms with van der Waals surface area (Å²) in [7, 11) is 3.35. The zero-order chi connectivity index (χ0) is 34.2. The predicted molar refractivity (Wildman–Crippen MR) is 174 cm³/mol. The van der Waals surface area contributed by atoms with Crippen LogP contribution in [0.4, 0.5) is 0 Å². The molecule has 0 radical (unpaired) electrons. The second kappa shape index (κ2) is 15.5. The van der Waals surface area contributed by atoms with Crippen LogP contribution in [0.15, 0.2) is 75.6 Å². The number of aryl methyl sites for hydroxylation is 1. The van der Waals surface area contributed by atoms with Gasteiger partial charge in [0.15, 0.2) is 5.76 Å². The van der Waals surface area contributed by atoms with Crippen LogP contribution in [0.25, 0.3) is 22.6 Å². The average Bonchev–Trinajstić information content (AvgIpc) is 3.74. The minimum atomic E-state index is -1.06. The maximum atomic E-state index is 10.7. The van der Waals surface area contributed by atoms with E-state index >= 15 is 0 Å². The van der Waals surface area contributed by atoms with Crippen LogP contribution in [0.2, 0.25) is 0 Å².